The number of ether oxygens (including phenoxy) is 3. The first kappa shape index (κ1) is 30.6. The molecule has 0 fully saturated rings. The average Bonchev–Trinajstić information content (AvgIpc) is 3.36. The van der Waals surface area contributed by atoms with E-state index in [1.165, 1.54) is 0 Å². The number of hydrogen-bond donors (Lipinski definition) is 2. The van der Waals surface area contributed by atoms with Crippen molar-refractivity contribution in [3.63, 3.8) is 0 Å². The first-order chi connectivity index (χ1) is 20.0. The lowest BCUT2D eigenvalue weighted by molar-refractivity contribution is -0.128. The van der Waals surface area contributed by atoms with Gasteiger partial charge in [-0.2, -0.15) is 0 Å². The molecule has 1 aliphatic heterocycles. The topological polar surface area (TPSA) is 89.4 Å². The maximum absolute atomic E-state index is 14.0. The Balaban J connectivity index is 1.73. The Morgan fingerprint density at radius 1 is 1.07 bits per heavy atom. The third kappa shape index (κ3) is 7.89. The zero-order valence-corrected chi connectivity index (χ0v) is 24.4. The van der Waals surface area contributed by atoms with E-state index in [1.54, 1.807) is 25.3 Å². The summed E-state index contributed by atoms with van der Waals surface area (Å²) in [6.07, 6.45) is 4.54. The third-order valence-electron chi connectivity index (χ3n) is 6.62. The number of benzene rings is 3. The molecule has 41 heavy (non-hydrogen) atoms. The van der Waals surface area contributed by atoms with E-state index in [0.717, 1.165) is 5.56 Å². The summed E-state index contributed by atoms with van der Waals surface area (Å²) in [5.41, 5.74) is 0.959. The summed E-state index contributed by atoms with van der Waals surface area (Å²) in [5.74, 6) is 0.704. The second kappa shape index (κ2) is 15.0. The smallest absolute Gasteiger partial charge is 0.252 e. The van der Waals surface area contributed by atoms with Gasteiger partial charge in [0.1, 0.15) is 5.75 Å². The van der Waals surface area contributed by atoms with Gasteiger partial charge in [-0.25, -0.2) is 4.99 Å². The Hall–Kier alpha value is -3.36. The van der Waals surface area contributed by atoms with Crippen molar-refractivity contribution in [3.05, 3.63) is 106 Å². The van der Waals surface area contributed by atoms with Crippen molar-refractivity contribution in [1.82, 2.24) is 5.32 Å². The van der Waals surface area contributed by atoms with E-state index >= 15 is 0 Å². The van der Waals surface area contributed by atoms with Gasteiger partial charge in [-0.05, 0) is 48.4 Å². The molecule has 0 spiro atoms. The van der Waals surface area contributed by atoms with Crippen LogP contribution in [0.3, 0.4) is 0 Å². The van der Waals surface area contributed by atoms with Crippen LogP contribution < -0.4 is 10.1 Å². The summed E-state index contributed by atoms with van der Waals surface area (Å²) >= 11 is 12.9. The molecule has 0 aromatic heterocycles. The van der Waals surface area contributed by atoms with Gasteiger partial charge in [-0.15, -0.1) is 0 Å². The molecule has 216 valence electrons. The Labute approximate surface area is 250 Å². The summed E-state index contributed by atoms with van der Waals surface area (Å²) in [4.78, 5) is 19.0. The minimum Gasteiger partial charge on any atom is -0.494 e. The molecule has 2 atom stereocenters. The molecule has 1 aliphatic rings. The summed E-state index contributed by atoms with van der Waals surface area (Å²) in [6, 6.07) is 22.3. The highest BCUT2D eigenvalue weighted by Crippen LogP contribution is 2.45. The zero-order chi connectivity index (χ0) is 29.1. The maximum atomic E-state index is 14.0. The molecule has 2 N–H and O–H groups in total. The van der Waals surface area contributed by atoms with E-state index in [1.807, 2.05) is 66.7 Å². The van der Waals surface area contributed by atoms with Gasteiger partial charge in [-0.3, -0.25) is 4.79 Å². The minimum absolute atomic E-state index is 0.0612. The highest BCUT2D eigenvalue weighted by Gasteiger charge is 2.53. The van der Waals surface area contributed by atoms with Crippen molar-refractivity contribution in [3.8, 4) is 5.75 Å². The molecule has 1 amide bonds. The van der Waals surface area contributed by atoms with E-state index in [0.29, 0.717) is 65.4 Å². The number of aliphatic hydroxyl groups is 1. The van der Waals surface area contributed by atoms with Crippen LogP contribution in [0, 0.1) is 0 Å². The predicted octanol–water partition coefficient (Wildman–Crippen LogP) is 6.27. The number of hydrogen-bond acceptors (Lipinski definition) is 6. The molecule has 7 nitrogen and oxygen atoms in total. The third-order valence-corrected chi connectivity index (χ3v) is 7.19. The Morgan fingerprint density at radius 2 is 1.85 bits per heavy atom. The summed E-state index contributed by atoms with van der Waals surface area (Å²) < 4.78 is 17.3. The Morgan fingerprint density at radius 3 is 2.56 bits per heavy atom. The first-order valence-electron chi connectivity index (χ1n) is 13.5. The number of aliphatic imine (C=N–C) groups is 1. The van der Waals surface area contributed by atoms with Crippen LogP contribution in [0.15, 0.2) is 83.9 Å². The number of aliphatic hydroxyl groups excluding tert-OH is 1. The molecule has 9 heteroatoms. The van der Waals surface area contributed by atoms with Gasteiger partial charge in [0.25, 0.3) is 5.91 Å². The molecule has 0 saturated carbocycles. The number of nitrogens with zero attached hydrogens (tertiary/aromatic N) is 1. The average molecular weight is 598 g/mol. The quantitative estimate of drug-likeness (QED) is 0.214. The minimum atomic E-state index is -1.35. The molecule has 0 bridgehead atoms. The lowest BCUT2D eigenvalue weighted by atomic mass is 9.84. The number of carbonyl (C=O) groups excluding carboxylic acids is 1. The Bertz CT molecular complexity index is 1350. The number of methoxy groups -OCH3 is 1. The van der Waals surface area contributed by atoms with E-state index in [9.17, 15) is 4.79 Å². The molecular formula is C32H34Cl2N2O5. The van der Waals surface area contributed by atoms with Crippen molar-refractivity contribution < 1.29 is 24.1 Å². The molecule has 3 aromatic carbocycles. The normalized spacial score (nSPS) is 18.2. The summed E-state index contributed by atoms with van der Waals surface area (Å²) in [5, 5.41) is 12.9. The number of nitrogens with one attached hydrogen (secondary N) is 1. The molecule has 0 aliphatic carbocycles. The lowest BCUT2D eigenvalue weighted by Crippen LogP contribution is -2.48. The monoisotopic (exact) mass is 596 g/mol. The molecule has 0 unspecified atom stereocenters. The van der Waals surface area contributed by atoms with E-state index < -0.39 is 11.6 Å². The van der Waals surface area contributed by atoms with Crippen LogP contribution in [0.5, 0.6) is 5.75 Å². The predicted molar refractivity (Wildman–Crippen MR) is 163 cm³/mol. The summed E-state index contributed by atoms with van der Waals surface area (Å²) in [6.45, 7) is 1.41. The van der Waals surface area contributed by atoms with Crippen molar-refractivity contribution >= 4 is 41.1 Å². The molecule has 4 rings (SSSR count). The molecule has 1 heterocycles. The van der Waals surface area contributed by atoms with E-state index in [2.05, 4.69) is 5.32 Å². The molecule has 0 saturated heterocycles. The highest BCUT2D eigenvalue weighted by atomic mass is 35.5. The van der Waals surface area contributed by atoms with Crippen LogP contribution in [0.1, 0.15) is 42.1 Å². The van der Waals surface area contributed by atoms with Crippen LogP contribution in [0.25, 0.3) is 6.08 Å². The van der Waals surface area contributed by atoms with Crippen LogP contribution in [-0.2, 0) is 14.3 Å². The number of amides is 1. The molecule has 3 aromatic rings. The second-order valence-electron chi connectivity index (χ2n) is 9.57. The fraction of sp³-hybridized carbons (Fsp3) is 0.312. The Kier molecular flexibility index (Phi) is 11.2. The maximum Gasteiger partial charge on any atom is 0.252 e. The second-order valence-corrected chi connectivity index (χ2v) is 10.4. The number of carbonyl (C=O) groups is 1. The highest BCUT2D eigenvalue weighted by molar-refractivity contribution is 6.35. The summed E-state index contributed by atoms with van der Waals surface area (Å²) in [7, 11) is 1.63. The van der Waals surface area contributed by atoms with Crippen molar-refractivity contribution in [2.45, 2.75) is 30.9 Å². The van der Waals surface area contributed by atoms with Gasteiger partial charge in [0.2, 0.25) is 5.90 Å². The number of rotatable bonds is 14. The van der Waals surface area contributed by atoms with Gasteiger partial charge in [0.05, 0.1) is 6.61 Å². The van der Waals surface area contributed by atoms with Crippen molar-refractivity contribution in [2.24, 2.45) is 4.99 Å². The van der Waals surface area contributed by atoms with Crippen molar-refractivity contribution in [2.75, 3.05) is 33.5 Å². The largest absolute Gasteiger partial charge is 0.494 e. The van der Waals surface area contributed by atoms with Gasteiger partial charge in [-0.1, -0.05) is 71.8 Å². The SMILES string of the molecule is COCCCNC(=O)[C@]1(C/C=C/c2ccccc2)N=C(c2ccc(OCCCO)cc2)O[C@@H]1c1ccc(Cl)cc1Cl. The van der Waals surface area contributed by atoms with Crippen molar-refractivity contribution in [1.29, 1.82) is 0 Å². The molecular weight excluding hydrogens is 563 g/mol. The number of halogens is 2. The standard InChI is InChI=1S/C32H34Cl2N2O5/c1-39-20-6-18-35-31(38)32(17-5-10-23-8-3-2-4-9-23)29(27-16-13-25(33)22-28(27)34)41-30(36-32)24-11-14-26(15-12-24)40-21-7-19-37/h2-5,8-16,22,29,37H,6-7,17-21H2,1H3,(H,35,38)/b10-5+/t29-,32-/m1/s1. The fourth-order valence-corrected chi connectivity index (χ4v) is 5.02. The van der Waals surface area contributed by atoms with Crippen LogP contribution in [0.2, 0.25) is 10.0 Å². The van der Waals surface area contributed by atoms with Crippen LogP contribution >= 0.6 is 23.2 Å². The van der Waals surface area contributed by atoms with Gasteiger partial charge < -0.3 is 24.6 Å². The van der Waals surface area contributed by atoms with Gasteiger partial charge in [0, 0.05) is 60.9 Å². The van der Waals surface area contributed by atoms with E-state index in [4.69, 9.17) is 47.5 Å². The molecule has 0 radical (unpaired) electrons. The fourth-order valence-electron chi connectivity index (χ4n) is 4.52. The van der Waals surface area contributed by atoms with Crippen LogP contribution in [0.4, 0.5) is 0 Å². The lowest BCUT2D eigenvalue weighted by Gasteiger charge is -2.30. The van der Waals surface area contributed by atoms with Gasteiger partial charge in [0.15, 0.2) is 11.6 Å². The van der Waals surface area contributed by atoms with Crippen LogP contribution in [-0.4, -0.2) is 55.9 Å². The van der Waals surface area contributed by atoms with Gasteiger partial charge >= 0.3 is 0 Å². The zero-order valence-electron chi connectivity index (χ0n) is 22.9. The van der Waals surface area contributed by atoms with E-state index in [-0.39, 0.29) is 18.9 Å². The first-order valence-corrected chi connectivity index (χ1v) is 14.3.